The summed E-state index contributed by atoms with van der Waals surface area (Å²) in [7, 11) is -3.79. The molecule has 23 heavy (non-hydrogen) atoms. The van der Waals surface area contributed by atoms with Crippen molar-refractivity contribution in [2.24, 2.45) is 5.14 Å². The van der Waals surface area contributed by atoms with Gasteiger partial charge >= 0.3 is 0 Å². The van der Waals surface area contributed by atoms with Gasteiger partial charge in [0.25, 0.3) is 0 Å². The fourth-order valence-corrected chi connectivity index (χ4v) is 2.69. The van der Waals surface area contributed by atoms with Crippen molar-refractivity contribution in [2.75, 3.05) is 0 Å². The van der Waals surface area contributed by atoms with Crippen molar-refractivity contribution >= 4 is 15.9 Å². The molecule has 0 heterocycles. The first kappa shape index (κ1) is 17.1. The average molecular weight is 336 g/mol. The predicted molar refractivity (Wildman–Crippen MR) is 84.5 cm³/mol. The Bertz CT molecular complexity index is 804. The molecule has 7 heteroatoms. The molecule has 2 aromatic rings. The minimum absolute atomic E-state index is 0.00497. The van der Waals surface area contributed by atoms with Crippen LogP contribution in [0.4, 0.5) is 4.39 Å². The Labute approximate surface area is 134 Å². The van der Waals surface area contributed by atoms with Gasteiger partial charge in [-0.05, 0) is 42.3 Å². The second-order valence-electron chi connectivity index (χ2n) is 5.21. The lowest BCUT2D eigenvalue weighted by Gasteiger charge is -2.15. The highest BCUT2D eigenvalue weighted by Gasteiger charge is 2.13. The number of carbonyl (C=O) groups excluding carboxylic acids is 1. The van der Waals surface area contributed by atoms with Gasteiger partial charge in [-0.25, -0.2) is 17.9 Å². The Morgan fingerprint density at radius 3 is 2.48 bits per heavy atom. The molecule has 0 aliphatic rings. The first-order valence-electron chi connectivity index (χ1n) is 6.92. The lowest BCUT2D eigenvalue weighted by Crippen LogP contribution is -2.28. The SMILES string of the molecule is CC(NC(=O)Cc1ccc(F)cc1)c1cccc(S(N)(=O)=O)c1. The van der Waals surface area contributed by atoms with Crippen LogP contribution < -0.4 is 10.5 Å². The second kappa shape index (κ2) is 6.89. The number of hydrogen-bond acceptors (Lipinski definition) is 3. The van der Waals surface area contributed by atoms with Crippen molar-refractivity contribution in [3.05, 3.63) is 65.5 Å². The van der Waals surface area contributed by atoms with Gasteiger partial charge in [-0.2, -0.15) is 0 Å². The van der Waals surface area contributed by atoms with Crippen LogP contribution in [0.2, 0.25) is 0 Å². The topological polar surface area (TPSA) is 89.3 Å². The molecule has 1 atom stereocenters. The van der Waals surface area contributed by atoms with E-state index < -0.39 is 10.0 Å². The molecule has 0 aromatic heterocycles. The molecular formula is C16H17FN2O3S. The van der Waals surface area contributed by atoms with E-state index in [2.05, 4.69) is 5.32 Å². The normalized spacial score (nSPS) is 12.7. The van der Waals surface area contributed by atoms with Gasteiger partial charge in [-0.3, -0.25) is 4.79 Å². The fourth-order valence-electron chi connectivity index (χ4n) is 2.12. The molecule has 122 valence electrons. The zero-order valence-corrected chi connectivity index (χ0v) is 13.3. The van der Waals surface area contributed by atoms with Crippen molar-refractivity contribution in [3.63, 3.8) is 0 Å². The lowest BCUT2D eigenvalue weighted by atomic mass is 10.1. The van der Waals surface area contributed by atoms with Crippen LogP contribution in [-0.2, 0) is 21.2 Å². The summed E-state index contributed by atoms with van der Waals surface area (Å²) in [5.41, 5.74) is 1.32. The van der Waals surface area contributed by atoms with Crippen LogP contribution in [0.1, 0.15) is 24.1 Å². The van der Waals surface area contributed by atoms with Gasteiger partial charge in [0, 0.05) is 0 Å². The summed E-state index contributed by atoms with van der Waals surface area (Å²) in [6.45, 7) is 1.74. The summed E-state index contributed by atoms with van der Waals surface area (Å²) in [5, 5.41) is 7.87. The number of carbonyl (C=O) groups is 1. The third kappa shape index (κ3) is 4.87. The van der Waals surface area contributed by atoms with E-state index in [9.17, 15) is 17.6 Å². The van der Waals surface area contributed by atoms with E-state index in [0.29, 0.717) is 11.1 Å². The minimum Gasteiger partial charge on any atom is -0.349 e. The highest BCUT2D eigenvalue weighted by Crippen LogP contribution is 2.17. The zero-order chi connectivity index (χ0) is 17.0. The van der Waals surface area contributed by atoms with Crippen LogP contribution >= 0.6 is 0 Å². The van der Waals surface area contributed by atoms with Gasteiger partial charge in [0.1, 0.15) is 5.82 Å². The molecule has 0 saturated carbocycles. The quantitative estimate of drug-likeness (QED) is 0.874. The summed E-state index contributed by atoms with van der Waals surface area (Å²) < 4.78 is 35.5. The van der Waals surface area contributed by atoms with Crippen LogP contribution in [0.15, 0.2) is 53.4 Å². The number of benzene rings is 2. The maximum atomic E-state index is 12.8. The molecule has 0 saturated heterocycles. The zero-order valence-electron chi connectivity index (χ0n) is 12.5. The Balaban J connectivity index is 2.05. The number of nitrogens with one attached hydrogen (secondary N) is 1. The maximum Gasteiger partial charge on any atom is 0.238 e. The van der Waals surface area contributed by atoms with Crippen LogP contribution in [-0.4, -0.2) is 14.3 Å². The van der Waals surface area contributed by atoms with Crippen molar-refractivity contribution in [3.8, 4) is 0 Å². The number of primary sulfonamides is 1. The molecule has 0 fully saturated rings. The third-order valence-electron chi connectivity index (χ3n) is 3.34. The van der Waals surface area contributed by atoms with Crippen LogP contribution in [0.5, 0.6) is 0 Å². The molecule has 2 aromatic carbocycles. The van der Waals surface area contributed by atoms with E-state index in [0.717, 1.165) is 0 Å². The van der Waals surface area contributed by atoms with Gasteiger partial charge in [0.2, 0.25) is 15.9 Å². The summed E-state index contributed by atoms with van der Waals surface area (Å²) in [5.74, 6) is -0.604. The standard InChI is InChI=1S/C16H17FN2O3S/c1-11(13-3-2-4-15(10-13)23(18,21)22)19-16(20)9-12-5-7-14(17)8-6-12/h2-8,10-11H,9H2,1H3,(H,19,20)(H2,18,21,22). The van der Waals surface area contributed by atoms with Crippen molar-refractivity contribution in [1.82, 2.24) is 5.32 Å². The lowest BCUT2D eigenvalue weighted by molar-refractivity contribution is -0.121. The Hall–Kier alpha value is -2.25. The third-order valence-corrected chi connectivity index (χ3v) is 4.25. The molecule has 0 spiro atoms. The second-order valence-corrected chi connectivity index (χ2v) is 6.77. The smallest absolute Gasteiger partial charge is 0.238 e. The Morgan fingerprint density at radius 2 is 1.87 bits per heavy atom. The number of nitrogens with two attached hydrogens (primary N) is 1. The summed E-state index contributed by atoms with van der Waals surface area (Å²) in [6.07, 6.45) is 0.111. The van der Waals surface area contributed by atoms with E-state index in [-0.39, 0.29) is 29.1 Å². The van der Waals surface area contributed by atoms with E-state index in [1.807, 2.05) is 0 Å². The molecule has 1 amide bonds. The predicted octanol–water partition coefficient (Wildman–Crippen LogP) is 1.89. The molecule has 3 N–H and O–H groups in total. The molecule has 0 bridgehead atoms. The minimum atomic E-state index is -3.79. The maximum absolute atomic E-state index is 12.8. The molecule has 2 rings (SSSR count). The highest BCUT2D eigenvalue weighted by molar-refractivity contribution is 7.89. The molecule has 1 unspecified atom stereocenters. The Morgan fingerprint density at radius 1 is 1.22 bits per heavy atom. The summed E-state index contributed by atoms with van der Waals surface area (Å²) >= 11 is 0. The van der Waals surface area contributed by atoms with Gasteiger partial charge in [0.05, 0.1) is 17.4 Å². The van der Waals surface area contributed by atoms with Crippen LogP contribution in [0, 0.1) is 5.82 Å². The van der Waals surface area contributed by atoms with Crippen molar-refractivity contribution in [1.29, 1.82) is 0 Å². The van der Waals surface area contributed by atoms with Gasteiger partial charge in [-0.1, -0.05) is 24.3 Å². The van der Waals surface area contributed by atoms with Crippen LogP contribution in [0.3, 0.4) is 0 Å². The molecule has 5 nitrogen and oxygen atoms in total. The van der Waals surface area contributed by atoms with Gasteiger partial charge < -0.3 is 5.32 Å². The molecule has 0 aliphatic heterocycles. The van der Waals surface area contributed by atoms with E-state index in [1.54, 1.807) is 31.2 Å². The number of sulfonamides is 1. The monoisotopic (exact) mass is 336 g/mol. The fraction of sp³-hybridized carbons (Fsp3) is 0.188. The number of rotatable bonds is 5. The van der Waals surface area contributed by atoms with Gasteiger partial charge in [0.15, 0.2) is 0 Å². The average Bonchev–Trinajstić information content (AvgIpc) is 2.49. The van der Waals surface area contributed by atoms with E-state index in [4.69, 9.17) is 5.14 Å². The first-order valence-corrected chi connectivity index (χ1v) is 8.47. The number of halogens is 1. The van der Waals surface area contributed by atoms with Crippen molar-refractivity contribution < 1.29 is 17.6 Å². The molecular weight excluding hydrogens is 319 g/mol. The Kier molecular flexibility index (Phi) is 5.12. The number of hydrogen-bond donors (Lipinski definition) is 2. The van der Waals surface area contributed by atoms with E-state index >= 15 is 0 Å². The highest BCUT2D eigenvalue weighted by atomic mass is 32.2. The molecule has 0 radical (unpaired) electrons. The van der Waals surface area contributed by atoms with Crippen molar-refractivity contribution in [2.45, 2.75) is 24.3 Å². The number of amides is 1. The van der Waals surface area contributed by atoms with E-state index in [1.165, 1.54) is 24.3 Å². The largest absolute Gasteiger partial charge is 0.349 e. The molecule has 0 aliphatic carbocycles. The summed E-state index contributed by atoms with van der Waals surface area (Å²) in [6, 6.07) is 11.4. The van der Waals surface area contributed by atoms with Gasteiger partial charge in [-0.15, -0.1) is 0 Å². The van der Waals surface area contributed by atoms with Crippen LogP contribution in [0.25, 0.3) is 0 Å². The first-order chi connectivity index (χ1) is 10.8. The summed E-state index contributed by atoms with van der Waals surface area (Å²) in [4.78, 5) is 12.0.